The van der Waals surface area contributed by atoms with E-state index in [1.807, 2.05) is 18.2 Å². The monoisotopic (exact) mass is 306 g/mol. The molecule has 0 aromatic heterocycles. The van der Waals surface area contributed by atoms with E-state index in [0.29, 0.717) is 6.04 Å². The Balaban J connectivity index is 1.96. The van der Waals surface area contributed by atoms with E-state index in [0.717, 1.165) is 23.2 Å². The van der Waals surface area contributed by atoms with E-state index in [9.17, 15) is 0 Å². The summed E-state index contributed by atoms with van der Waals surface area (Å²) in [5.41, 5.74) is 1.03. The number of benzene rings is 1. The van der Waals surface area contributed by atoms with Crippen LogP contribution in [0, 0.1) is 0 Å². The van der Waals surface area contributed by atoms with Crippen LogP contribution in [0.3, 0.4) is 0 Å². The predicted molar refractivity (Wildman–Crippen MR) is 92.1 cm³/mol. The predicted octanol–water partition coefficient (Wildman–Crippen LogP) is 3.77. The highest BCUT2D eigenvalue weighted by Gasteiger charge is 2.23. The molecule has 1 saturated heterocycles. The van der Waals surface area contributed by atoms with Gasteiger partial charge in [-0.15, -0.1) is 0 Å². The lowest BCUT2D eigenvalue weighted by Crippen LogP contribution is -2.44. The summed E-state index contributed by atoms with van der Waals surface area (Å²) in [6, 6.07) is 7.16. The van der Waals surface area contributed by atoms with Crippen LogP contribution >= 0.6 is 0 Å². The molecule has 0 radical (unpaired) electrons. The third-order valence-corrected chi connectivity index (χ3v) is 4.75. The molecule has 0 atom stereocenters. The van der Waals surface area contributed by atoms with Gasteiger partial charge in [0.25, 0.3) is 0 Å². The van der Waals surface area contributed by atoms with Crippen molar-refractivity contribution in [1.29, 1.82) is 0 Å². The van der Waals surface area contributed by atoms with Gasteiger partial charge in [0.1, 0.15) is 11.5 Å². The average Bonchev–Trinajstić information content (AvgIpc) is 2.57. The van der Waals surface area contributed by atoms with Crippen LogP contribution in [0.5, 0.6) is 11.5 Å². The number of rotatable bonds is 7. The first-order valence-corrected chi connectivity index (χ1v) is 8.44. The van der Waals surface area contributed by atoms with Crippen LogP contribution in [0.2, 0.25) is 0 Å². The van der Waals surface area contributed by atoms with Crippen molar-refractivity contribution in [3.05, 3.63) is 18.2 Å². The summed E-state index contributed by atoms with van der Waals surface area (Å²) in [6.07, 6.45) is 4.85. The molecule has 0 unspecified atom stereocenters. The fourth-order valence-electron chi connectivity index (χ4n) is 3.36. The van der Waals surface area contributed by atoms with Crippen LogP contribution in [0.15, 0.2) is 18.2 Å². The number of methoxy groups -OCH3 is 2. The third-order valence-electron chi connectivity index (χ3n) is 4.75. The number of hydrogen-bond donors (Lipinski definition) is 1. The Morgan fingerprint density at radius 2 is 1.82 bits per heavy atom. The van der Waals surface area contributed by atoms with E-state index >= 15 is 0 Å². The molecule has 22 heavy (non-hydrogen) atoms. The van der Waals surface area contributed by atoms with Crippen molar-refractivity contribution in [3.8, 4) is 11.5 Å². The molecular weight excluding hydrogens is 276 g/mol. The van der Waals surface area contributed by atoms with Gasteiger partial charge in [-0.25, -0.2) is 0 Å². The lowest BCUT2D eigenvalue weighted by molar-refractivity contribution is 0.149. The lowest BCUT2D eigenvalue weighted by atomic mass is 10.0. The summed E-state index contributed by atoms with van der Waals surface area (Å²) >= 11 is 0. The van der Waals surface area contributed by atoms with Crippen molar-refractivity contribution >= 4 is 5.69 Å². The smallest absolute Gasteiger partial charge is 0.142 e. The minimum absolute atomic E-state index is 0.506. The highest BCUT2D eigenvalue weighted by atomic mass is 16.5. The minimum Gasteiger partial charge on any atom is -0.497 e. The van der Waals surface area contributed by atoms with E-state index in [2.05, 4.69) is 24.1 Å². The van der Waals surface area contributed by atoms with Gasteiger partial charge in [0, 0.05) is 31.2 Å². The molecule has 0 aliphatic carbocycles. The molecule has 1 aromatic rings. The van der Waals surface area contributed by atoms with Crippen LogP contribution < -0.4 is 14.8 Å². The summed E-state index contributed by atoms with van der Waals surface area (Å²) in [7, 11) is 3.41. The SMILES string of the molecule is CCC(CC)N1CCC(Nc2cc(OC)ccc2OC)CC1. The Hall–Kier alpha value is -1.42. The molecule has 1 aromatic carbocycles. The fraction of sp³-hybridized carbons (Fsp3) is 0.667. The summed E-state index contributed by atoms with van der Waals surface area (Å²) in [5.74, 6) is 1.74. The molecule has 1 fully saturated rings. The van der Waals surface area contributed by atoms with Gasteiger partial charge >= 0.3 is 0 Å². The molecule has 4 nitrogen and oxygen atoms in total. The number of likely N-dealkylation sites (tertiary alicyclic amines) is 1. The van der Waals surface area contributed by atoms with Crippen LogP contribution in [-0.4, -0.2) is 44.3 Å². The van der Waals surface area contributed by atoms with Crippen molar-refractivity contribution in [3.63, 3.8) is 0 Å². The number of anilines is 1. The maximum Gasteiger partial charge on any atom is 0.142 e. The number of piperidine rings is 1. The number of nitrogens with one attached hydrogen (secondary N) is 1. The zero-order chi connectivity index (χ0) is 15.9. The summed E-state index contributed by atoms with van der Waals surface area (Å²) in [6.45, 7) is 6.94. The summed E-state index contributed by atoms with van der Waals surface area (Å²) in [4.78, 5) is 2.64. The van der Waals surface area contributed by atoms with Crippen molar-refractivity contribution in [2.24, 2.45) is 0 Å². The van der Waals surface area contributed by atoms with Crippen molar-refractivity contribution in [2.75, 3.05) is 32.6 Å². The topological polar surface area (TPSA) is 33.7 Å². The molecule has 4 heteroatoms. The second-order valence-electron chi connectivity index (χ2n) is 5.99. The quantitative estimate of drug-likeness (QED) is 0.831. The lowest BCUT2D eigenvalue weighted by Gasteiger charge is -2.37. The second kappa shape index (κ2) is 8.28. The van der Waals surface area contributed by atoms with E-state index in [4.69, 9.17) is 9.47 Å². The number of nitrogens with zero attached hydrogens (tertiary/aromatic N) is 1. The van der Waals surface area contributed by atoms with Crippen LogP contribution in [0.25, 0.3) is 0 Å². The van der Waals surface area contributed by atoms with Crippen LogP contribution in [-0.2, 0) is 0 Å². The fourth-order valence-corrected chi connectivity index (χ4v) is 3.36. The minimum atomic E-state index is 0.506. The van der Waals surface area contributed by atoms with E-state index < -0.39 is 0 Å². The highest BCUT2D eigenvalue weighted by molar-refractivity contribution is 5.60. The van der Waals surface area contributed by atoms with Gasteiger partial charge in [-0.05, 0) is 37.8 Å². The molecule has 0 spiro atoms. The van der Waals surface area contributed by atoms with E-state index in [1.165, 1.54) is 38.8 Å². The molecule has 124 valence electrons. The maximum absolute atomic E-state index is 5.45. The molecule has 1 heterocycles. The Labute approximate surface area is 134 Å². The normalized spacial score (nSPS) is 16.8. The Kier molecular flexibility index (Phi) is 6.37. The average molecular weight is 306 g/mol. The molecule has 2 rings (SSSR count). The van der Waals surface area contributed by atoms with Crippen LogP contribution in [0.4, 0.5) is 5.69 Å². The van der Waals surface area contributed by atoms with Gasteiger partial charge in [-0.2, -0.15) is 0 Å². The Bertz CT molecular complexity index is 452. The molecule has 0 amide bonds. The zero-order valence-electron chi connectivity index (χ0n) is 14.4. The summed E-state index contributed by atoms with van der Waals surface area (Å²) in [5, 5.41) is 3.64. The second-order valence-corrected chi connectivity index (χ2v) is 5.99. The van der Waals surface area contributed by atoms with Crippen molar-refractivity contribution < 1.29 is 9.47 Å². The van der Waals surface area contributed by atoms with Gasteiger partial charge in [-0.3, -0.25) is 0 Å². The van der Waals surface area contributed by atoms with Gasteiger partial charge in [0.2, 0.25) is 0 Å². The first kappa shape index (κ1) is 16.9. The third kappa shape index (κ3) is 4.07. The molecule has 0 bridgehead atoms. The molecule has 0 saturated carbocycles. The van der Waals surface area contributed by atoms with Gasteiger partial charge < -0.3 is 19.7 Å². The first-order chi connectivity index (χ1) is 10.7. The Morgan fingerprint density at radius 1 is 1.14 bits per heavy atom. The number of ether oxygens (including phenoxy) is 2. The number of hydrogen-bond acceptors (Lipinski definition) is 4. The molecule has 1 aliphatic heterocycles. The molecule has 1 aliphatic rings. The van der Waals surface area contributed by atoms with Gasteiger partial charge in [0.05, 0.1) is 19.9 Å². The van der Waals surface area contributed by atoms with Gasteiger partial charge in [0.15, 0.2) is 0 Å². The maximum atomic E-state index is 5.45. The largest absolute Gasteiger partial charge is 0.497 e. The van der Waals surface area contributed by atoms with Crippen molar-refractivity contribution in [1.82, 2.24) is 4.90 Å². The van der Waals surface area contributed by atoms with Gasteiger partial charge in [-0.1, -0.05) is 13.8 Å². The molecular formula is C18H30N2O2. The standard InChI is InChI=1S/C18H30N2O2/c1-5-15(6-2)20-11-9-14(10-12-20)19-17-13-16(21-3)7-8-18(17)22-4/h7-8,13-15,19H,5-6,9-12H2,1-4H3. The van der Waals surface area contributed by atoms with Crippen LogP contribution in [0.1, 0.15) is 39.5 Å². The first-order valence-electron chi connectivity index (χ1n) is 8.44. The highest BCUT2D eigenvalue weighted by Crippen LogP contribution is 2.31. The molecule has 1 N–H and O–H groups in total. The van der Waals surface area contributed by atoms with E-state index in [1.54, 1.807) is 14.2 Å². The zero-order valence-corrected chi connectivity index (χ0v) is 14.4. The Morgan fingerprint density at radius 3 is 2.36 bits per heavy atom. The van der Waals surface area contributed by atoms with E-state index in [-0.39, 0.29) is 0 Å². The summed E-state index contributed by atoms with van der Waals surface area (Å²) < 4.78 is 10.8. The van der Waals surface area contributed by atoms with Crippen molar-refractivity contribution in [2.45, 2.75) is 51.6 Å².